The lowest BCUT2D eigenvalue weighted by Crippen LogP contribution is -2.46. The van der Waals surface area contributed by atoms with Crippen molar-refractivity contribution in [3.05, 3.63) is 57.6 Å². The van der Waals surface area contributed by atoms with E-state index in [0.29, 0.717) is 73.8 Å². The Labute approximate surface area is 227 Å². The molecule has 0 saturated carbocycles. The summed E-state index contributed by atoms with van der Waals surface area (Å²) in [5, 5.41) is 11.0. The van der Waals surface area contributed by atoms with Crippen LogP contribution in [-0.4, -0.2) is 75.1 Å². The molecule has 202 valence electrons. The number of ether oxygens (including phenoxy) is 2. The van der Waals surface area contributed by atoms with E-state index in [0.717, 1.165) is 10.0 Å². The molecule has 1 unspecified atom stereocenters. The van der Waals surface area contributed by atoms with Gasteiger partial charge in [0, 0.05) is 30.7 Å². The summed E-state index contributed by atoms with van der Waals surface area (Å²) in [6.07, 6.45) is 1.63. The molecule has 10 heteroatoms. The molecular formula is C27H35BrN2O6S. The number of hydrogen-bond acceptors (Lipinski definition) is 6. The second-order valence-corrected chi connectivity index (χ2v) is 12.8. The molecule has 1 N–H and O–H groups in total. The molecule has 1 amide bonds. The monoisotopic (exact) mass is 594 g/mol. The van der Waals surface area contributed by atoms with E-state index in [1.165, 1.54) is 4.31 Å². The van der Waals surface area contributed by atoms with Crippen molar-refractivity contribution in [1.82, 2.24) is 9.21 Å². The highest BCUT2D eigenvalue weighted by Crippen LogP contribution is 2.34. The van der Waals surface area contributed by atoms with Crippen molar-refractivity contribution in [2.24, 2.45) is 5.92 Å². The normalized spacial score (nSPS) is 20.2. The van der Waals surface area contributed by atoms with E-state index >= 15 is 0 Å². The van der Waals surface area contributed by atoms with Crippen LogP contribution in [0.15, 0.2) is 45.8 Å². The number of nitrogens with zero attached hydrogens (tertiary/aromatic N) is 2. The Hall–Kier alpha value is -1.98. The summed E-state index contributed by atoms with van der Waals surface area (Å²) in [5.41, 5.74) is 1.25. The van der Waals surface area contributed by atoms with Gasteiger partial charge >= 0.3 is 0 Å². The Balaban J connectivity index is 1.25. The maximum absolute atomic E-state index is 13.3. The molecule has 2 heterocycles. The molecule has 2 fully saturated rings. The average molecular weight is 596 g/mol. The molecule has 0 bridgehead atoms. The topological polar surface area (TPSA) is 96.4 Å². The van der Waals surface area contributed by atoms with Gasteiger partial charge in [-0.15, -0.1) is 0 Å². The number of benzene rings is 2. The number of halogens is 1. The van der Waals surface area contributed by atoms with E-state index in [1.807, 2.05) is 24.3 Å². The number of aryl methyl sites for hydroxylation is 2. The first-order valence-electron chi connectivity index (χ1n) is 12.5. The lowest BCUT2D eigenvalue weighted by Gasteiger charge is -2.38. The number of amides is 1. The molecule has 1 atom stereocenters. The zero-order valence-electron chi connectivity index (χ0n) is 21.6. The van der Waals surface area contributed by atoms with E-state index in [1.54, 1.807) is 38.0 Å². The molecule has 0 spiro atoms. The van der Waals surface area contributed by atoms with E-state index in [9.17, 15) is 18.3 Å². The summed E-state index contributed by atoms with van der Waals surface area (Å²) in [5.74, 6) is 0.563. The number of hydrogen-bond donors (Lipinski definition) is 1. The van der Waals surface area contributed by atoms with Gasteiger partial charge in [-0.3, -0.25) is 4.79 Å². The largest absolute Gasteiger partial charge is 0.497 e. The zero-order chi connectivity index (χ0) is 26.8. The average Bonchev–Trinajstić information content (AvgIpc) is 3.34. The number of rotatable bonds is 8. The minimum atomic E-state index is -3.63. The molecule has 8 nitrogen and oxygen atoms in total. The van der Waals surface area contributed by atoms with Crippen LogP contribution in [0, 0.1) is 19.8 Å². The second-order valence-electron chi connectivity index (χ2n) is 10.0. The minimum Gasteiger partial charge on any atom is -0.497 e. The SMILES string of the molecule is COc1cc(C)c(S(=O)(=O)N2CCC(COCC(=O)N3CCC(O)(c4ccc(Br)cc4)CC3)C2)c(C)c1. The van der Waals surface area contributed by atoms with Crippen LogP contribution in [0.2, 0.25) is 0 Å². The number of piperidine rings is 1. The molecule has 37 heavy (non-hydrogen) atoms. The van der Waals surface area contributed by atoms with Crippen LogP contribution in [0.1, 0.15) is 36.0 Å². The molecule has 2 aromatic carbocycles. The van der Waals surface area contributed by atoms with Crippen LogP contribution in [0.25, 0.3) is 0 Å². The van der Waals surface area contributed by atoms with Gasteiger partial charge < -0.3 is 19.5 Å². The predicted molar refractivity (Wildman–Crippen MR) is 144 cm³/mol. The number of methoxy groups -OCH3 is 1. The lowest BCUT2D eigenvalue weighted by molar-refractivity contribution is -0.141. The number of carbonyl (C=O) groups is 1. The molecule has 2 aliphatic heterocycles. The highest BCUT2D eigenvalue weighted by atomic mass is 79.9. The first kappa shape index (κ1) is 28.0. The predicted octanol–water partition coefficient (Wildman–Crippen LogP) is 3.61. The Morgan fingerprint density at radius 2 is 1.73 bits per heavy atom. The van der Waals surface area contributed by atoms with E-state index in [-0.39, 0.29) is 18.4 Å². The van der Waals surface area contributed by atoms with Gasteiger partial charge in [0.1, 0.15) is 12.4 Å². The Morgan fingerprint density at radius 1 is 1.11 bits per heavy atom. The van der Waals surface area contributed by atoms with E-state index in [4.69, 9.17) is 9.47 Å². The van der Waals surface area contributed by atoms with Crippen molar-refractivity contribution < 1.29 is 27.8 Å². The summed E-state index contributed by atoms with van der Waals surface area (Å²) in [4.78, 5) is 14.8. The van der Waals surface area contributed by atoms with Crippen LogP contribution in [-0.2, 0) is 25.2 Å². The third kappa shape index (κ3) is 6.20. The van der Waals surface area contributed by atoms with E-state index < -0.39 is 15.6 Å². The Bertz CT molecular complexity index is 1200. The summed E-state index contributed by atoms with van der Waals surface area (Å²) < 4.78 is 40.1. The van der Waals surface area contributed by atoms with Crippen LogP contribution in [0.5, 0.6) is 5.75 Å². The fourth-order valence-corrected chi connectivity index (χ4v) is 7.50. The van der Waals surface area contributed by atoms with Gasteiger partial charge in [0.25, 0.3) is 0 Å². The third-order valence-corrected chi connectivity index (χ3v) is 10.1. The summed E-state index contributed by atoms with van der Waals surface area (Å²) >= 11 is 3.41. The molecular weight excluding hydrogens is 560 g/mol. The lowest BCUT2D eigenvalue weighted by atomic mass is 9.84. The fraction of sp³-hybridized carbons (Fsp3) is 0.519. The maximum atomic E-state index is 13.3. The molecule has 0 aliphatic carbocycles. The highest BCUT2D eigenvalue weighted by Gasteiger charge is 2.36. The van der Waals surface area contributed by atoms with Crippen LogP contribution >= 0.6 is 15.9 Å². The van der Waals surface area contributed by atoms with Gasteiger partial charge in [-0.05, 0) is 80.0 Å². The van der Waals surface area contributed by atoms with Crippen LogP contribution < -0.4 is 4.74 Å². The number of sulfonamides is 1. The number of aliphatic hydroxyl groups is 1. The van der Waals surface area contributed by atoms with Gasteiger partial charge in [0.05, 0.1) is 24.2 Å². The van der Waals surface area contributed by atoms with Crippen molar-refractivity contribution in [3.8, 4) is 5.75 Å². The second kappa shape index (κ2) is 11.4. The standard InChI is InChI=1S/C27H35BrN2O6S/c1-19-14-24(35-3)15-20(2)26(19)37(33,34)30-11-8-21(16-30)17-36-18-25(31)29-12-9-27(32,10-13-29)22-4-6-23(28)7-5-22/h4-7,14-15,21,32H,8-13,16-18H2,1-3H3. The van der Waals surface area contributed by atoms with Crippen LogP contribution in [0.3, 0.4) is 0 Å². The number of likely N-dealkylation sites (tertiary alicyclic amines) is 1. The summed E-state index contributed by atoms with van der Waals surface area (Å²) in [6.45, 7) is 5.57. The first-order chi connectivity index (χ1) is 17.5. The van der Waals surface area contributed by atoms with Crippen molar-refractivity contribution in [3.63, 3.8) is 0 Å². The van der Waals surface area contributed by atoms with Crippen molar-refractivity contribution in [2.75, 3.05) is 46.5 Å². The smallest absolute Gasteiger partial charge is 0.248 e. The fourth-order valence-electron chi connectivity index (χ4n) is 5.29. The number of carbonyl (C=O) groups excluding carboxylic acids is 1. The summed E-state index contributed by atoms with van der Waals surface area (Å²) in [6, 6.07) is 11.1. The quantitative estimate of drug-likeness (QED) is 0.501. The van der Waals surface area contributed by atoms with Gasteiger partial charge in [-0.25, -0.2) is 8.42 Å². The van der Waals surface area contributed by atoms with Gasteiger partial charge in [-0.1, -0.05) is 28.1 Å². The highest BCUT2D eigenvalue weighted by molar-refractivity contribution is 9.10. The molecule has 2 aromatic rings. The maximum Gasteiger partial charge on any atom is 0.248 e. The van der Waals surface area contributed by atoms with E-state index in [2.05, 4.69) is 15.9 Å². The minimum absolute atomic E-state index is 0.0327. The summed E-state index contributed by atoms with van der Waals surface area (Å²) in [7, 11) is -2.07. The van der Waals surface area contributed by atoms with Crippen molar-refractivity contribution in [2.45, 2.75) is 43.6 Å². The molecule has 0 radical (unpaired) electrons. The molecule has 0 aromatic heterocycles. The molecule has 4 rings (SSSR count). The van der Waals surface area contributed by atoms with Gasteiger partial charge in [0.2, 0.25) is 15.9 Å². The Morgan fingerprint density at radius 3 is 2.32 bits per heavy atom. The van der Waals surface area contributed by atoms with Crippen molar-refractivity contribution in [1.29, 1.82) is 0 Å². The first-order valence-corrected chi connectivity index (χ1v) is 14.8. The molecule has 2 saturated heterocycles. The van der Waals surface area contributed by atoms with Crippen LogP contribution in [0.4, 0.5) is 0 Å². The Kier molecular flexibility index (Phi) is 8.65. The zero-order valence-corrected chi connectivity index (χ0v) is 24.0. The third-order valence-electron chi connectivity index (χ3n) is 7.42. The molecule has 2 aliphatic rings. The van der Waals surface area contributed by atoms with Crippen molar-refractivity contribution >= 4 is 31.9 Å². The van der Waals surface area contributed by atoms with Gasteiger partial charge in [0.15, 0.2) is 0 Å². The van der Waals surface area contributed by atoms with Gasteiger partial charge in [-0.2, -0.15) is 4.31 Å².